The average Bonchev–Trinajstić information content (AvgIpc) is 3.16. The quantitative estimate of drug-likeness (QED) is 0.632. The molecule has 2 N–H and O–H groups in total. The fourth-order valence-electron chi connectivity index (χ4n) is 2.38. The normalized spacial score (nSPS) is 11.3. The molecule has 9 heteroatoms. The summed E-state index contributed by atoms with van der Waals surface area (Å²) < 4.78 is 26.5. The molecule has 3 rings (SSSR count). The van der Waals surface area contributed by atoms with E-state index in [9.17, 15) is 13.2 Å². The molecular formula is C18H18N4O3S2. The largest absolute Gasteiger partial charge is 0.346 e. The number of thiazole rings is 1. The minimum absolute atomic E-state index is 0.0613. The lowest BCUT2D eigenvalue weighted by molar-refractivity contribution is 0.0950. The van der Waals surface area contributed by atoms with Crippen molar-refractivity contribution in [3.8, 4) is 11.3 Å². The van der Waals surface area contributed by atoms with Crippen LogP contribution < -0.4 is 10.0 Å². The molecular weight excluding hydrogens is 384 g/mol. The number of sulfonamides is 1. The predicted molar refractivity (Wildman–Crippen MR) is 104 cm³/mol. The van der Waals surface area contributed by atoms with Crippen LogP contribution in [0, 0.1) is 0 Å². The lowest BCUT2D eigenvalue weighted by Gasteiger charge is -2.07. The van der Waals surface area contributed by atoms with Gasteiger partial charge in [0.1, 0.15) is 5.01 Å². The summed E-state index contributed by atoms with van der Waals surface area (Å²) in [6.45, 7) is 2.24. The summed E-state index contributed by atoms with van der Waals surface area (Å²) in [6, 6.07) is 9.67. The van der Waals surface area contributed by atoms with E-state index in [1.165, 1.54) is 23.5 Å². The number of nitrogens with one attached hydrogen (secondary N) is 2. The highest BCUT2D eigenvalue weighted by molar-refractivity contribution is 7.89. The van der Waals surface area contributed by atoms with Gasteiger partial charge in [-0.05, 0) is 30.3 Å². The van der Waals surface area contributed by atoms with Crippen molar-refractivity contribution < 1.29 is 13.2 Å². The fraction of sp³-hybridized carbons (Fsp3) is 0.167. The number of nitrogens with zero attached hydrogens (tertiary/aromatic N) is 2. The number of amides is 1. The zero-order chi connectivity index (χ0) is 19.3. The van der Waals surface area contributed by atoms with Gasteiger partial charge in [0, 0.05) is 35.4 Å². The number of pyridine rings is 1. The van der Waals surface area contributed by atoms with Gasteiger partial charge in [0.05, 0.1) is 17.1 Å². The molecule has 0 atom stereocenters. The van der Waals surface area contributed by atoms with Gasteiger partial charge in [0.15, 0.2) is 0 Å². The molecule has 7 nitrogen and oxygen atoms in total. The Morgan fingerprint density at radius 1 is 1.19 bits per heavy atom. The molecule has 0 unspecified atom stereocenters. The molecule has 27 heavy (non-hydrogen) atoms. The van der Waals surface area contributed by atoms with Gasteiger partial charge in [0.25, 0.3) is 5.91 Å². The van der Waals surface area contributed by atoms with E-state index in [1.807, 2.05) is 17.5 Å². The van der Waals surface area contributed by atoms with Crippen LogP contribution in [0.4, 0.5) is 0 Å². The molecule has 0 aliphatic rings. The van der Waals surface area contributed by atoms with E-state index in [4.69, 9.17) is 0 Å². The van der Waals surface area contributed by atoms with E-state index in [0.717, 1.165) is 16.3 Å². The Hall–Kier alpha value is -2.62. The third-order valence-corrected chi connectivity index (χ3v) is 6.06. The van der Waals surface area contributed by atoms with Gasteiger partial charge in [-0.3, -0.25) is 9.78 Å². The van der Waals surface area contributed by atoms with Crippen molar-refractivity contribution in [2.24, 2.45) is 0 Å². The third kappa shape index (κ3) is 4.76. The van der Waals surface area contributed by atoms with Crippen LogP contribution in [0.5, 0.6) is 0 Å². The van der Waals surface area contributed by atoms with Crippen molar-refractivity contribution in [3.63, 3.8) is 0 Å². The summed E-state index contributed by atoms with van der Waals surface area (Å²) >= 11 is 1.44. The number of hydrogen-bond acceptors (Lipinski definition) is 6. The zero-order valence-corrected chi connectivity index (χ0v) is 16.2. The minimum Gasteiger partial charge on any atom is -0.346 e. The van der Waals surface area contributed by atoms with Crippen LogP contribution in [-0.2, 0) is 16.6 Å². The van der Waals surface area contributed by atoms with Crippen LogP contribution in [-0.4, -0.2) is 30.8 Å². The highest BCUT2D eigenvalue weighted by Crippen LogP contribution is 2.21. The maximum absolute atomic E-state index is 12.4. The van der Waals surface area contributed by atoms with Crippen LogP contribution in [0.3, 0.4) is 0 Å². The van der Waals surface area contributed by atoms with Gasteiger partial charge in [-0.2, -0.15) is 0 Å². The number of carbonyl (C=O) groups is 1. The van der Waals surface area contributed by atoms with E-state index < -0.39 is 10.0 Å². The van der Waals surface area contributed by atoms with Crippen LogP contribution >= 0.6 is 11.3 Å². The molecule has 0 aliphatic carbocycles. The Kier molecular flexibility index (Phi) is 5.94. The van der Waals surface area contributed by atoms with Crippen LogP contribution in [0.25, 0.3) is 11.3 Å². The van der Waals surface area contributed by atoms with Crippen LogP contribution in [0.1, 0.15) is 22.3 Å². The Morgan fingerprint density at radius 3 is 2.70 bits per heavy atom. The summed E-state index contributed by atoms with van der Waals surface area (Å²) in [5, 5.41) is 5.45. The van der Waals surface area contributed by atoms with Crippen molar-refractivity contribution in [1.82, 2.24) is 20.0 Å². The first-order valence-electron chi connectivity index (χ1n) is 8.22. The van der Waals surface area contributed by atoms with Crippen molar-refractivity contribution in [2.75, 3.05) is 6.54 Å². The number of aromatic nitrogens is 2. The molecule has 0 fully saturated rings. The molecule has 2 aromatic heterocycles. The van der Waals surface area contributed by atoms with Gasteiger partial charge < -0.3 is 5.32 Å². The first-order chi connectivity index (χ1) is 13.0. The van der Waals surface area contributed by atoms with E-state index in [0.29, 0.717) is 0 Å². The zero-order valence-electron chi connectivity index (χ0n) is 14.5. The van der Waals surface area contributed by atoms with E-state index in [-0.39, 0.29) is 29.5 Å². The Balaban J connectivity index is 1.67. The molecule has 1 aromatic carbocycles. The standard InChI is InChI=1S/C18H18N4O3S2/c1-2-21-27(24,25)15-5-3-4-14(10-15)18(23)20-11-17-22-16(12-26-17)13-6-8-19-9-7-13/h3-10,12,21H,2,11H2,1H3,(H,20,23). The average molecular weight is 403 g/mol. The number of hydrogen-bond donors (Lipinski definition) is 2. The molecule has 0 radical (unpaired) electrons. The van der Waals surface area contributed by atoms with Crippen LogP contribution in [0.15, 0.2) is 59.1 Å². The predicted octanol–water partition coefficient (Wildman–Crippen LogP) is 2.43. The first-order valence-corrected chi connectivity index (χ1v) is 10.6. The van der Waals surface area contributed by atoms with Crippen LogP contribution in [0.2, 0.25) is 0 Å². The molecule has 0 spiro atoms. The summed E-state index contributed by atoms with van der Waals surface area (Å²) in [6.07, 6.45) is 3.40. The summed E-state index contributed by atoms with van der Waals surface area (Å²) in [7, 11) is -3.61. The smallest absolute Gasteiger partial charge is 0.251 e. The second kappa shape index (κ2) is 8.38. The lowest BCUT2D eigenvalue weighted by atomic mass is 10.2. The van der Waals surface area contributed by atoms with Crippen molar-refractivity contribution in [1.29, 1.82) is 0 Å². The maximum Gasteiger partial charge on any atom is 0.251 e. The van der Waals surface area contributed by atoms with Crippen molar-refractivity contribution >= 4 is 27.3 Å². The number of rotatable bonds is 7. The lowest BCUT2D eigenvalue weighted by Crippen LogP contribution is -2.25. The SMILES string of the molecule is CCNS(=O)(=O)c1cccc(C(=O)NCc2nc(-c3ccncc3)cs2)c1. The van der Waals surface area contributed by atoms with Gasteiger partial charge in [-0.15, -0.1) is 11.3 Å². The molecule has 0 aliphatic heterocycles. The van der Waals surface area contributed by atoms with Gasteiger partial charge in [-0.25, -0.2) is 18.1 Å². The second-order valence-corrected chi connectivity index (χ2v) is 8.28. The number of benzene rings is 1. The Morgan fingerprint density at radius 2 is 1.96 bits per heavy atom. The molecule has 0 saturated heterocycles. The molecule has 0 bridgehead atoms. The molecule has 140 valence electrons. The number of carbonyl (C=O) groups excluding carboxylic acids is 1. The van der Waals surface area contributed by atoms with Crippen molar-refractivity contribution in [2.45, 2.75) is 18.4 Å². The van der Waals surface area contributed by atoms with Gasteiger partial charge in [-0.1, -0.05) is 13.0 Å². The van der Waals surface area contributed by atoms with Gasteiger partial charge >= 0.3 is 0 Å². The van der Waals surface area contributed by atoms with Crippen molar-refractivity contribution in [3.05, 3.63) is 64.7 Å². The summed E-state index contributed by atoms with van der Waals surface area (Å²) in [4.78, 5) is 20.9. The second-order valence-electron chi connectivity index (χ2n) is 5.57. The Labute approximate surface area is 161 Å². The monoisotopic (exact) mass is 402 g/mol. The third-order valence-electron chi connectivity index (χ3n) is 3.67. The molecule has 2 heterocycles. The van der Waals surface area contributed by atoms with E-state index >= 15 is 0 Å². The minimum atomic E-state index is -3.61. The summed E-state index contributed by atoms with van der Waals surface area (Å²) in [5.74, 6) is -0.357. The highest BCUT2D eigenvalue weighted by Gasteiger charge is 2.15. The molecule has 3 aromatic rings. The van der Waals surface area contributed by atoms with E-state index in [1.54, 1.807) is 31.5 Å². The fourth-order valence-corrected chi connectivity index (χ4v) is 4.21. The first kappa shape index (κ1) is 19.2. The highest BCUT2D eigenvalue weighted by atomic mass is 32.2. The molecule has 1 amide bonds. The molecule has 0 saturated carbocycles. The summed E-state index contributed by atoms with van der Waals surface area (Å²) in [5.41, 5.74) is 2.06. The Bertz CT molecular complexity index is 1030. The maximum atomic E-state index is 12.4. The topological polar surface area (TPSA) is 101 Å². The van der Waals surface area contributed by atoms with Gasteiger partial charge in [0.2, 0.25) is 10.0 Å². The van der Waals surface area contributed by atoms with E-state index in [2.05, 4.69) is 20.0 Å².